The van der Waals surface area contributed by atoms with E-state index in [0.717, 1.165) is 49.1 Å². The molecule has 4 rings (SSSR count). The van der Waals surface area contributed by atoms with Gasteiger partial charge in [-0.15, -0.1) is 0 Å². The van der Waals surface area contributed by atoms with Gasteiger partial charge in [-0.3, -0.25) is 9.88 Å². The van der Waals surface area contributed by atoms with Gasteiger partial charge >= 0.3 is 0 Å². The van der Waals surface area contributed by atoms with E-state index in [4.69, 9.17) is 4.98 Å². The molecule has 6 nitrogen and oxygen atoms in total. The smallest absolute Gasteiger partial charge is 0.156 e. The molecule has 0 saturated carbocycles. The molecule has 1 N–H and O–H groups in total. The standard InChI is InChI=1S/C19H22N6/c1-14-23-17(10-18(24-14)19-21-7-8-22-19)16-5-3-9-25(13-16)12-15-4-2-6-20-11-15/h2,4,6-8,10-11,16H,3,5,9,12-13H2,1H3,(H,21,22). The Morgan fingerprint density at radius 1 is 1.28 bits per heavy atom. The molecule has 1 atom stereocenters. The highest BCUT2D eigenvalue weighted by molar-refractivity contribution is 5.49. The zero-order valence-corrected chi connectivity index (χ0v) is 14.4. The molecule has 4 heterocycles. The van der Waals surface area contributed by atoms with Crippen molar-refractivity contribution in [2.75, 3.05) is 13.1 Å². The minimum Gasteiger partial charge on any atom is -0.343 e. The monoisotopic (exact) mass is 334 g/mol. The molecule has 1 unspecified atom stereocenters. The summed E-state index contributed by atoms with van der Waals surface area (Å²) in [6, 6.07) is 6.23. The van der Waals surface area contributed by atoms with Crippen molar-refractivity contribution in [2.24, 2.45) is 0 Å². The summed E-state index contributed by atoms with van der Waals surface area (Å²) in [6.07, 6.45) is 9.70. The van der Waals surface area contributed by atoms with Crippen LogP contribution in [0, 0.1) is 6.92 Å². The van der Waals surface area contributed by atoms with E-state index >= 15 is 0 Å². The third-order valence-electron chi connectivity index (χ3n) is 4.65. The Bertz CT molecular complexity index is 815. The molecule has 0 aromatic carbocycles. The Kier molecular flexibility index (Phi) is 4.52. The molecular weight excluding hydrogens is 312 g/mol. The summed E-state index contributed by atoms with van der Waals surface area (Å²) in [5.41, 5.74) is 3.25. The Hall–Kier alpha value is -2.60. The lowest BCUT2D eigenvalue weighted by atomic mass is 9.93. The average molecular weight is 334 g/mol. The Balaban J connectivity index is 1.53. The second-order valence-electron chi connectivity index (χ2n) is 6.60. The molecule has 0 spiro atoms. The van der Waals surface area contributed by atoms with Gasteiger partial charge in [0.2, 0.25) is 0 Å². The zero-order valence-electron chi connectivity index (χ0n) is 14.4. The Labute approximate surface area is 147 Å². The van der Waals surface area contributed by atoms with Crippen LogP contribution >= 0.6 is 0 Å². The highest BCUT2D eigenvalue weighted by Gasteiger charge is 2.23. The molecule has 128 valence electrons. The van der Waals surface area contributed by atoms with E-state index in [0.29, 0.717) is 5.92 Å². The van der Waals surface area contributed by atoms with Crippen LogP contribution in [0.2, 0.25) is 0 Å². The summed E-state index contributed by atoms with van der Waals surface area (Å²) in [7, 11) is 0. The maximum absolute atomic E-state index is 4.72. The van der Waals surface area contributed by atoms with Gasteiger partial charge in [0.15, 0.2) is 5.82 Å². The average Bonchev–Trinajstić information content (AvgIpc) is 3.17. The maximum atomic E-state index is 4.72. The molecule has 1 saturated heterocycles. The third kappa shape index (κ3) is 3.74. The molecule has 6 heteroatoms. The summed E-state index contributed by atoms with van der Waals surface area (Å²) in [5.74, 6) is 2.03. The van der Waals surface area contributed by atoms with Gasteiger partial charge in [-0.1, -0.05) is 6.07 Å². The summed E-state index contributed by atoms with van der Waals surface area (Å²) in [5, 5.41) is 0. The lowest BCUT2D eigenvalue weighted by Crippen LogP contribution is -2.34. The van der Waals surface area contributed by atoms with E-state index in [1.165, 1.54) is 12.0 Å². The number of hydrogen-bond acceptors (Lipinski definition) is 5. The van der Waals surface area contributed by atoms with E-state index < -0.39 is 0 Å². The van der Waals surface area contributed by atoms with Crippen molar-refractivity contribution < 1.29 is 0 Å². The highest BCUT2D eigenvalue weighted by Crippen LogP contribution is 2.28. The van der Waals surface area contributed by atoms with Crippen LogP contribution in [-0.2, 0) is 6.54 Å². The zero-order chi connectivity index (χ0) is 17.1. The van der Waals surface area contributed by atoms with Crippen molar-refractivity contribution in [3.63, 3.8) is 0 Å². The Morgan fingerprint density at radius 3 is 3.04 bits per heavy atom. The van der Waals surface area contributed by atoms with Crippen molar-refractivity contribution in [3.8, 4) is 11.5 Å². The quantitative estimate of drug-likeness (QED) is 0.794. The maximum Gasteiger partial charge on any atom is 0.156 e. The van der Waals surface area contributed by atoms with Crippen molar-refractivity contribution >= 4 is 0 Å². The lowest BCUT2D eigenvalue weighted by Gasteiger charge is -2.32. The van der Waals surface area contributed by atoms with E-state index in [1.54, 1.807) is 6.20 Å². The van der Waals surface area contributed by atoms with Crippen LogP contribution < -0.4 is 0 Å². The lowest BCUT2D eigenvalue weighted by molar-refractivity contribution is 0.198. The third-order valence-corrected chi connectivity index (χ3v) is 4.65. The number of aromatic nitrogens is 5. The minimum atomic E-state index is 0.431. The number of likely N-dealkylation sites (tertiary alicyclic amines) is 1. The molecule has 0 amide bonds. The molecule has 1 aliphatic rings. The minimum absolute atomic E-state index is 0.431. The summed E-state index contributed by atoms with van der Waals surface area (Å²) in [4.78, 5) is 23.4. The number of aromatic amines is 1. The molecule has 0 aliphatic carbocycles. The fourth-order valence-corrected chi connectivity index (χ4v) is 3.52. The first-order valence-electron chi connectivity index (χ1n) is 8.74. The van der Waals surface area contributed by atoms with Gasteiger partial charge in [0.1, 0.15) is 11.5 Å². The molecule has 25 heavy (non-hydrogen) atoms. The summed E-state index contributed by atoms with van der Waals surface area (Å²) < 4.78 is 0. The van der Waals surface area contributed by atoms with Gasteiger partial charge < -0.3 is 4.98 Å². The molecule has 3 aromatic heterocycles. The fourth-order valence-electron chi connectivity index (χ4n) is 3.52. The van der Waals surface area contributed by atoms with Gasteiger partial charge in [0.25, 0.3) is 0 Å². The number of H-pyrrole nitrogens is 1. The van der Waals surface area contributed by atoms with Crippen molar-refractivity contribution in [3.05, 3.63) is 60.1 Å². The van der Waals surface area contributed by atoms with Crippen LogP contribution in [0.15, 0.2) is 43.0 Å². The molecular formula is C19H22N6. The van der Waals surface area contributed by atoms with Crippen LogP contribution in [0.5, 0.6) is 0 Å². The van der Waals surface area contributed by atoms with Gasteiger partial charge in [-0.25, -0.2) is 15.0 Å². The number of piperidine rings is 1. The molecule has 1 fully saturated rings. The van der Waals surface area contributed by atoms with Crippen molar-refractivity contribution in [2.45, 2.75) is 32.2 Å². The van der Waals surface area contributed by atoms with Gasteiger partial charge in [-0.2, -0.15) is 0 Å². The van der Waals surface area contributed by atoms with Gasteiger partial charge in [0, 0.05) is 49.5 Å². The van der Waals surface area contributed by atoms with Gasteiger partial charge in [0.05, 0.1) is 0 Å². The largest absolute Gasteiger partial charge is 0.343 e. The first-order valence-corrected chi connectivity index (χ1v) is 8.74. The van der Waals surface area contributed by atoms with Crippen molar-refractivity contribution in [1.82, 2.24) is 29.8 Å². The Morgan fingerprint density at radius 2 is 2.24 bits per heavy atom. The van der Waals surface area contributed by atoms with Crippen LogP contribution in [0.25, 0.3) is 11.5 Å². The van der Waals surface area contributed by atoms with Crippen LogP contribution in [-0.4, -0.2) is 42.9 Å². The van der Waals surface area contributed by atoms with E-state index in [-0.39, 0.29) is 0 Å². The van der Waals surface area contributed by atoms with Crippen molar-refractivity contribution in [1.29, 1.82) is 0 Å². The fraction of sp³-hybridized carbons (Fsp3) is 0.368. The summed E-state index contributed by atoms with van der Waals surface area (Å²) >= 11 is 0. The number of rotatable bonds is 4. The van der Waals surface area contributed by atoms with E-state index in [9.17, 15) is 0 Å². The van der Waals surface area contributed by atoms with E-state index in [1.807, 2.05) is 31.6 Å². The molecule has 0 radical (unpaired) electrons. The van der Waals surface area contributed by atoms with Crippen LogP contribution in [0.3, 0.4) is 0 Å². The normalized spacial score (nSPS) is 18.4. The molecule has 0 bridgehead atoms. The van der Waals surface area contributed by atoms with Gasteiger partial charge in [-0.05, 0) is 44.0 Å². The predicted octanol–water partition coefficient (Wildman–Crippen LogP) is 2.95. The number of hydrogen-bond donors (Lipinski definition) is 1. The number of nitrogens with one attached hydrogen (secondary N) is 1. The first kappa shape index (κ1) is 15.9. The highest BCUT2D eigenvalue weighted by atomic mass is 15.1. The second-order valence-corrected chi connectivity index (χ2v) is 6.60. The number of aryl methyl sites for hydroxylation is 1. The van der Waals surface area contributed by atoms with E-state index in [2.05, 4.69) is 37.0 Å². The SMILES string of the molecule is Cc1nc(-c2ncc[nH]2)cc(C2CCCN(Cc3cccnc3)C2)n1. The molecule has 1 aliphatic heterocycles. The van der Waals surface area contributed by atoms with Crippen LogP contribution in [0.4, 0.5) is 0 Å². The predicted molar refractivity (Wildman–Crippen MR) is 95.8 cm³/mol. The summed E-state index contributed by atoms with van der Waals surface area (Å²) in [6.45, 7) is 5.04. The van der Waals surface area contributed by atoms with Crippen LogP contribution in [0.1, 0.15) is 35.8 Å². The topological polar surface area (TPSA) is 70.6 Å². The number of nitrogens with zero attached hydrogens (tertiary/aromatic N) is 5. The second kappa shape index (κ2) is 7.11. The first-order chi connectivity index (χ1) is 12.3. The number of imidazole rings is 1. The number of pyridine rings is 1. The molecule has 3 aromatic rings.